The zero-order chi connectivity index (χ0) is 18.0. The van der Waals surface area contributed by atoms with Crippen LogP contribution >= 0.6 is 0 Å². The number of carboxylic acids is 2. The topological polar surface area (TPSA) is 74.6 Å². The molecule has 0 heterocycles. The lowest BCUT2D eigenvalue weighted by molar-refractivity contribution is 0.0687. The zero-order valence-corrected chi connectivity index (χ0v) is 13.6. The highest BCUT2D eigenvalue weighted by atomic mass is 16.4. The Hall–Kier alpha value is -3.40. The lowest BCUT2D eigenvalue weighted by atomic mass is 9.92. The minimum atomic E-state index is -0.996. The molecule has 0 saturated heterocycles. The van der Waals surface area contributed by atoms with Gasteiger partial charge in [-0.25, -0.2) is 9.59 Å². The van der Waals surface area contributed by atoms with Gasteiger partial charge in [-0.1, -0.05) is 48.5 Å². The summed E-state index contributed by atoms with van der Waals surface area (Å²) in [5.41, 5.74) is 4.05. The number of benzene rings is 3. The number of hydrogen-bond acceptors (Lipinski definition) is 2. The molecule has 0 saturated carbocycles. The molecule has 3 rings (SSSR count). The average Bonchev–Trinajstić information content (AvgIpc) is 2.61. The van der Waals surface area contributed by atoms with Gasteiger partial charge in [-0.05, 0) is 52.9 Å². The van der Waals surface area contributed by atoms with Crippen LogP contribution in [0.2, 0.25) is 0 Å². The van der Waals surface area contributed by atoms with Crippen molar-refractivity contribution >= 4 is 11.9 Å². The van der Waals surface area contributed by atoms with E-state index in [9.17, 15) is 19.8 Å². The molecule has 124 valence electrons. The summed E-state index contributed by atoms with van der Waals surface area (Å²) in [6, 6.07) is 19.2. The van der Waals surface area contributed by atoms with E-state index in [2.05, 4.69) is 0 Å². The molecule has 3 aromatic carbocycles. The van der Waals surface area contributed by atoms with E-state index < -0.39 is 11.9 Å². The molecule has 0 aliphatic carbocycles. The minimum Gasteiger partial charge on any atom is -0.478 e. The molecule has 0 amide bonds. The highest BCUT2D eigenvalue weighted by molar-refractivity contribution is 5.98. The fraction of sp³-hybridized carbons (Fsp3) is 0.0476. The molecule has 4 nitrogen and oxygen atoms in total. The lowest BCUT2D eigenvalue weighted by Crippen LogP contribution is -2.01. The normalized spacial score (nSPS) is 10.4. The maximum absolute atomic E-state index is 11.5. The predicted octanol–water partition coefficient (Wildman–Crippen LogP) is 4.73. The predicted molar refractivity (Wildman–Crippen MR) is 96.0 cm³/mol. The molecule has 0 radical (unpaired) electrons. The van der Waals surface area contributed by atoms with Gasteiger partial charge in [0.15, 0.2) is 0 Å². The Balaban J connectivity index is 2.22. The molecule has 0 aliphatic rings. The summed E-state index contributed by atoms with van der Waals surface area (Å²) < 4.78 is 0. The van der Waals surface area contributed by atoms with Crippen LogP contribution in [-0.4, -0.2) is 22.2 Å². The van der Waals surface area contributed by atoms with Gasteiger partial charge >= 0.3 is 11.9 Å². The maximum atomic E-state index is 11.5. The number of hydrogen-bond donors (Lipinski definition) is 2. The number of rotatable bonds is 4. The third-order valence-corrected chi connectivity index (χ3v) is 4.01. The molecular formula is C21H16O4. The van der Waals surface area contributed by atoms with E-state index in [4.69, 9.17) is 0 Å². The molecule has 3 aromatic rings. The molecule has 0 atom stereocenters. The summed E-state index contributed by atoms with van der Waals surface area (Å²) in [4.78, 5) is 23.0. The van der Waals surface area contributed by atoms with Crippen LogP contribution in [0.1, 0.15) is 26.3 Å². The van der Waals surface area contributed by atoms with Crippen LogP contribution in [0.25, 0.3) is 22.3 Å². The Morgan fingerprint density at radius 3 is 1.48 bits per heavy atom. The van der Waals surface area contributed by atoms with Gasteiger partial charge in [0.2, 0.25) is 0 Å². The molecule has 4 heteroatoms. The fourth-order valence-corrected chi connectivity index (χ4v) is 2.94. The van der Waals surface area contributed by atoms with E-state index in [1.807, 2.05) is 25.1 Å². The van der Waals surface area contributed by atoms with E-state index in [0.29, 0.717) is 11.1 Å². The minimum absolute atomic E-state index is 0.213. The lowest BCUT2D eigenvalue weighted by Gasteiger charge is -2.12. The summed E-state index contributed by atoms with van der Waals surface area (Å²) in [5, 5.41) is 18.8. The molecule has 0 aromatic heterocycles. The van der Waals surface area contributed by atoms with Crippen LogP contribution in [0, 0.1) is 6.92 Å². The first-order chi connectivity index (χ1) is 12.0. The van der Waals surface area contributed by atoms with E-state index in [0.717, 1.165) is 16.7 Å². The second-order valence-electron chi connectivity index (χ2n) is 5.79. The first-order valence-corrected chi connectivity index (χ1v) is 7.74. The Bertz CT molecular complexity index is 897. The van der Waals surface area contributed by atoms with Crippen molar-refractivity contribution in [2.45, 2.75) is 6.92 Å². The second kappa shape index (κ2) is 6.61. The van der Waals surface area contributed by atoms with Gasteiger partial charge in [-0.15, -0.1) is 0 Å². The summed E-state index contributed by atoms with van der Waals surface area (Å²) in [7, 11) is 0. The van der Waals surface area contributed by atoms with Gasteiger partial charge in [0, 0.05) is 0 Å². The second-order valence-corrected chi connectivity index (χ2v) is 5.79. The van der Waals surface area contributed by atoms with Crippen LogP contribution in [0.5, 0.6) is 0 Å². The van der Waals surface area contributed by atoms with E-state index in [1.54, 1.807) is 48.5 Å². The molecule has 0 fully saturated rings. The maximum Gasteiger partial charge on any atom is 0.336 e. The standard InChI is InChI=1S/C21H16O4/c1-13-10-14(16-6-2-4-8-18(16)20(22)23)12-15(11-13)17-7-3-5-9-19(17)21(24)25/h2-12H,1H3,(H,22,23)(H,24,25). The number of carboxylic acid groups (broad SMARTS) is 2. The SMILES string of the molecule is Cc1cc(-c2ccccc2C(=O)O)cc(-c2ccccc2C(=O)O)c1. The Morgan fingerprint density at radius 2 is 1.08 bits per heavy atom. The highest BCUT2D eigenvalue weighted by Gasteiger charge is 2.15. The average molecular weight is 332 g/mol. The first kappa shape index (κ1) is 16.5. The third kappa shape index (κ3) is 3.28. The van der Waals surface area contributed by atoms with Crippen molar-refractivity contribution in [3.05, 3.63) is 83.4 Å². The number of carbonyl (C=O) groups is 2. The van der Waals surface area contributed by atoms with Crippen molar-refractivity contribution in [3.8, 4) is 22.3 Å². The molecule has 2 N–H and O–H groups in total. The first-order valence-electron chi connectivity index (χ1n) is 7.74. The summed E-state index contributed by atoms with van der Waals surface area (Å²) in [6.45, 7) is 1.90. The van der Waals surface area contributed by atoms with Gasteiger partial charge in [-0.3, -0.25) is 0 Å². The van der Waals surface area contributed by atoms with E-state index >= 15 is 0 Å². The van der Waals surface area contributed by atoms with Gasteiger partial charge in [0.1, 0.15) is 0 Å². The van der Waals surface area contributed by atoms with Crippen LogP contribution < -0.4 is 0 Å². The van der Waals surface area contributed by atoms with Crippen molar-refractivity contribution in [2.24, 2.45) is 0 Å². The summed E-state index contributed by atoms with van der Waals surface area (Å²) in [5.74, 6) is -1.99. The third-order valence-electron chi connectivity index (χ3n) is 4.01. The Kier molecular flexibility index (Phi) is 4.35. The van der Waals surface area contributed by atoms with Crippen molar-refractivity contribution < 1.29 is 19.8 Å². The van der Waals surface area contributed by atoms with Gasteiger partial charge in [0.05, 0.1) is 11.1 Å². The van der Waals surface area contributed by atoms with Crippen molar-refractivity contribution in [1.29, 1.82) is 0 Å². The molecule has 0 unspecified atom stereocenters. The quantitative estimate of drug-likeness (QED) is 0.724. The molecule has 0 spiro atoms. The Labute approximate surface area is 145 Å². The fourth-order valence-electron chi connectivity index (χ4n) is 2.94. The Morgan fingerprint density at radius 1 is 0.680 bits per heavy atom. The van der Waals surface area contributed by atoms with Gasteiger partial charge in [-0.2, -0.15) is 0 Å². The van der Waals surface area contributed by atoms with Crippen LogP contribution in [0.15, 0.2) is 66.7 Å². The summed E-state index contributed by atoms with van der Waals surface area (Å²) >= 11 is 0. The number of aryl methyl sites for hydroxylation is 1. The van der Waals surface area contributed by atoms with E-state index in [1.165, 1.54) is 0 Å². The molecule has 0 aliphatic heterocycles. The summed E-state index contributed by atoms with van der Waals surface area (Å²) in [6.07, 6.45) is 0. The van der Waals surface area contributed by atoms with Crippen LogP contribution in [0.3, 0.4) is 0 Å². The molecular weight excluding hydrogens is 316 g/mol. The van der Waals surface area contributed by atoms with Crippen LogP contribution in [-0.2, 0) is 0 Å². The largest absolute Gasteiger partial charge is 0.478 e. The van der Waals surface area contributed by atoms with Gasteiger partial charge in [0.25, 0.3) is 0 Å². The van der Waals surface area contributed by atoms with Crippen molar-refractivity contribution in [3.63, 3.8) is 0 Å². The van der Waals surface area contributed by atoms with Gasteiger partial charge < -0.3 is 10.2 Å². The molecule has 0 bridgehead atoms. The van der Waals surface area contributed by atoms with Crippen molar-refractivity contribution in [2.75, 3.05) is 0 Å². The highest BCUT2D eigenvalue weighted by Crippen LogP contribution is 2.31. The van der Waals surface area contributed by atoms with Crippen molar-refractivity contribution in [1.82, 2.24) is 0 Å². The molecule has 25 heavy (non-hydrogen) atoms. The monoisotopic (exact) mass is 332 g/mol. The zero-order valence-electron chi connectivity index (χ0n) is 13.6. The van der Waals surface area contributed by atoms with Crippen LogP contribution in [0.4, 0.5) is 0 Å². The smallest absolute Gasteiger partial charge is 0.336 e. The van der Waals surface area contributed by atoms with E-state index in [-0.39, 0.29) is 11.1 Å². The number of aromatic carboxylic acids is 2.